The number of rotatable bonds is 6. The largest absolute Gasteiger partial charge is 0.335 e. The fourth-order valence-corrected chi connectivity index (χ4v) is 2.71. The van der Waals surface area contributed by atoms with Gasteiger partial charge in [-0.2, -0.15) is 0 Å². The average Bonchev–Trinajstić information content (AvgIpc) is 2.98. The van der Waals surface area contributed by atoms with Crippen molar-refractivity contribution in [3.63, 3.8) is 0 Å². The molecule has 1 atom stereocenters. The number of aryl methyl sites for hydroxylation is 2. The van der Waals surface area contributed by atoms with Crippen LogP contribution in [0, 0.1) is 0 Å². The standard InChI is InChI=1S/C12H19N5S/c1-3-5-10-12(18-16-15-10)9(13)8-11-14-6-7-17(11)4-2/h6-7,9H,3-5,8,13H2,1-2H3. The zero-order valence-corrected chi connectivity index (χ0v) is 11.7. The van der Waals surface area contributed by atoms with E-state index in [0.29, 0.717) is 0 Å². The van der Waals surface area contributed by atoms with Gasteiger partial charge in [-0.1, -0.05) is 17.8 Å². The van der Waals surface area contributed by atoms with Crippen molar-refractivity contribution in [3.05, 3.63) is 28.8 Å². The zero-order chi connectivity index (χ0) is 13.0. The molecule has 0 saturated heterocycles. The van der Waals surface area contributed by atoms with Crippen molar-refractivity contribution >= 4 is 11.5 Å². The Kier molecular flexibility index (Phi) is 4.43. The summed E-state index contributed by atoms with van der Waals surface area (Å²) in [7, 11) is 0. The summed E-state index contributed by atoms with van der Waals surface area (Å²) in [6.45, 7) is 5.16. The Morgan fingerprint density at radius 3 is 3.00 bits per heavy atom. The molecule has 2 aromatic heterocycles. The molecule has 0 aliphatic heterocycles. The molecular weight excluding hydrogens is 246 g/mol. The van der Waals surface area contributed by atoms with Gasteiger partial charge in [0.15, 0.2) is 0 Å². The Labute approximate surface area is 111 Å². The maximum Gasteiger partial charge on any atom is 0.110 e. The van der Waals surface area contributed by atoms with E-state index in [-0.39, 0.29) is 6.04 Å². The van der Waals surface area contributed by atoms with Gasteiger partial charge >= 0.3 is 0 Å². The summed E-state index contributed by atoms with van der Waals surface area (Å²) >= 11 is 1.41. The minimum atomic E-state index is -0.0563. The zero-order valence-electron chi connectivity index (χ0n) is 10.8. The molecule has 0 aliphatic rings. The number of nitrogens with two attached hydrogens (primary N) is 1. The molecule has 0 spiro atoms. The minimum absolute atomic E-state index is 0.0563. The second-order valence-corrected chi connectivity index (χ2v) is 5.06. The van der Waals surface area contributed by atoms with Gasteiger partial charge in [-0.3, -0.25) is 0 Å². The van der Waals surface area contributed by atoms with E-state index in [2.05, 4.69) is 33.0 Å². The molecule has 2 N–H and O–H groups in total. The summed E-state index contributed by atoms with van der Waals surface area (Å²) in [5.41, 5.74) is 7.31. The van der Waals surface area contributed by atoms with E-state index in [9.17, 15) is 0 Å². The molecule has 1 unspecified atom stereocenters. The van der Waals surface area contributed by atoms with Crippen LogP contribution in [0.5, 0.6) is 0 Å². The van der Waals surface area contributed by atoms with Crippen LogP contribution in [-0.2, 0) is 19.4 Å². The number of hydrogen-bond acceptors (Lipinski definition) is 5. The van der Waals surface area contributed by atoms with E-state index in [0.717, 1.165) is 42.2 Å². The van der Waals surface area contributed by atoms with Crippen molar-refractivity contribution in [2.75, 3.05) is 0 Å². The first-order chi connectivity index (χ1) is 8.76. The first-order valence-electron chi connectivity index (χ1n) is 6.33. The van der Waals surface area contributed by atoms with Crippen LogP contribution in [0.4, 0.5) is 0 Å². The molecule has 98 valence electrons. The number of aromatic nitrogens is 4. The Morgan fingerprint density at radius 2 is 2.28 bits per heavy atom. The van der Waals surface area contributed by atoms with Crippen molar-refractivity contribution < 1.29 is 0 Å². The van der Waals surface area contributed by atoms with E-state index < -0.39 is 0 Å². The molecule has 0 saturated carbocycles. The normalized spacial score (nSPS) is 12.8. The van der Waals surface area contributed by atoms with Gasteiger partial charge in [-0.05, 0) is 24.9 Å². The molecule has 2 rings (SSSR count). The van der Waals surface area contributed by atoms with Crippen LogP contribution >= 0.6 is 11.5 Å². The number of imidazole rings is 1. The Morgan fingerprint density at radius 1 is 1.44 bits per heavy atom. The lowest BCUT2D eigenvalue weighted by Gasteiger charge is -2.11. The quantitative estimate of drug-likeness (QED) is 0.866. The first-order valence-corrected chi connectivity index (χ1v) is 7.10. The van der Waals surface area contributed by atoms with E-state index in [1.165, 1.54) is 11.5 Å². The van der Waals surface area contributed by atoms with Gasteiger partial charge in [0.1, 0.15) is 5.82 Å². The SMILES string of the molecule is CCCc1nnsc1C(N)Cc1nccn1CC. The Bertz CT molecular complexity index is 490. The van der Waals surface area contributed by atoms with Crippen LogP contribution in [0.25, 0.3) is 0 Å². The van der Waals surface area contributed by atoms with Gasteiger partial charge in [0.2, 0.25) is 0 Å². The number of hydrogen-bond donors (Lipinski definition) is 1. The molecule has 0 aliphatic carbocycles. The molecule has 2 heterocycles. The highest BCUT2D eigenvalue weighted by Gasteiger charge is 2.17. The topological polar surface area (TPSA) is 69.6 Å². The lowest BCUT2D eigenvalue weighted by Crippen LogP contribution is -2.16. The lowest BCUT2D eigenvalue weighted by molar-refractivity contribution is 0.628. The maximum absolute atomic E-state index is 6.26. The van der Waals surface area contributed by atoms with Gasteiger partial charge in [0.25, 0.3) is 0 Å². The van der Waals surface area contributed by atoms with Gasteiger partial charge in [0, 0.05) is 31.4 Å². The molecule has 5 nitrogen and oxygen atoms in total. The fraction of sp³-hybridized carbons (Fsp3) is 0.583. The van der Waals surface area contributed by atoms with Gasteiger partial charge < -0.3 is 10.3 Å². The second kappa shape index (κ2) is 6.06. The highest BCUT2D eigenvalue weighted by atomic mass is 32.1. The van der Waals surface area contributed by atoms with Crippen molar-refractivity contribution in [2.24, 2.45) is 5.73 Å². The third kappa shape index (κ3) is 2.76. The lowest BCUT2D eigenvalue weighted by atomic mass is 10.1. The van der Waals surface area contributed by atoms with Gasteiger partial charge in [-0.15, -0.1) is 5.10 Å². The Hall–Kier alpha value is -1.27. The van der Waals surface area contributed by atoms with Crippen molar-refractivity contribution in [2.45, 2.75) is 45.7 Å². The molecular formula is C12H19N5S. The maximum atomic E-state index is 6.26. The van der Waals surface area contributed by atoms with Gasteiger partial charge in [-0.25, -0.2) is 4.98 Å². The molecule has 0 radical (unpaired) electrons. The molecule has 18 heavy (non-hydrogen) atoms. The summed E-state index contributed by atoms with van der Waals surface area (Å²) in [5, 5.41) is 4.16. The predicted octanol–water partition coefficient (Wildman–Crippen LogP) is 1.95. The monoisotopic (exact) mass is 265 g/mol. The van der Waals surface area contributed by atoms with Crippen LogP contribution in [0.15, 0.2) is 12.4 Å². The molecule has 0 fully saturated rings. The van der Waals surface area contributed by atoms with E-state index >= 15 is 0 Å². The van der Waals surface area contributed by atoms with Gasteiger partial charge in [0.05, 0.1) is 10.6 Å². The van der Waals surface area contributed by atoms with E-state index in [1.807, 2.05) is 12.4 Å². The molecule has 0 bridgehead atoms. The van der Waals surface area contributed by atoms with Crippen molar-refractivity contribution in [1.29, 1.82) is 0 Å². The fourth-order valence-electron chi connectivity index (χ4n) is 2.01. The van der Waals surface area contributed by atoms with Crippen LogP contribution in [-0.4, -0.2) is 19.1 Å². The highest BCUT2D eigenvalue weighted by Crippen LogP contribution is 2.22. The third-order valence-electron chi connectivity index (χ3n) is 2.95. The predicted molar refractivity (Wildman–Crippen MR) is 72.4 cm³/mol. The molecule has 0 amide bonds. The van der Waals surface area contributed by atoms with Crippen molar-refractivity contribution in [3.8, 4) is 0 Å². The minimum Gasteiger partial charge on any atom is -0.335 e. The summed E-state index contributed by atoms with van der Waals surface area (Å²) in [6.07, 6.45) is 6.56. The van der Waals surface area contributed by atoms with Crippen molar-refractivity contribution in [1.82, 2.24) is 19.1 Å². The summed E-state index contributed by atoms with van der Waals surface area (Å²) in [6, 6.07) is -0.0563. The van der Waals surface area contributed by atoms with Crippen LogP contribution in [0.2, 0.25) is 0 Å². The molecule has 2 aromatic rings. The highest BCUT2D eigenvalue weighted by molar-refractivity contribution is 7.05. The second-order valence-electron chi connectivity index (χ2n) is 4.27. The summed E-state index contributed by atoms with van der Waals surface area (Å²) in [4.78, 5) is 5.46. The van der Waals surface area contributed by atoms with Crippen LogP contribution < -0.4 is 5.73 Å². The molecule has 6 heteroatoms. The van der Waals surface area contributed by atoms with Crippen LogP contribution in [0.3, 0.4) is 0 Å². The number of nitrogens with zero attached hydrogens (tertiary/aromatic N) is 4. The summed E-state index contributed by atoms with van der Waals surface area (Å²) < 4.78 is 6.14. The first kappa shape index (κ1) is 13.2. The molecule has 0 aromatic carbocycles. The smallest absolute Gasteiger partial charge is 0.110 e. The van der Waals surface area contributed by atoms with E-state index in [1.54, 1.807) is 0 Å². The van der Waals surface area contributed by atoms with E-state index in [4.69, 9.17) is 5.73 Å². The average molecular weight is 265 g/mol. The third-order valence-corrected chi connectivity index (χ3v) is 3.85. The Balaban J connectivity index is 2.11. The summed E-state index contributed by atoms with van der Waals surface area (Å²) in [5.74, 6) is 1.03. The van der Waals surface area contributed by atoms with Crippen LogP contribution in [0.1, 0.15) is 42.7 Å².